The van der Waals surface area contributed by atoms with E-state index in [-0.39, 0.29) is 11.7 Å². The van der Waals surface area contributed by atoms with Crippen molar-refractivity contribution in [3.63, 3.8) is 0 Å². The molecule has 0 bridgehead atoms. The maximum atomic E-state index is 10.3. The molecule has 0 heterocycles. The molecule has 0 aromatic carbocycles. The number of halogens is 1. The number of rotatable bonds is 3. The molecule has 8 heavy (non-hydrogen) atoms. The fourth-order valence-electron chi connectivity index (χ4n) is 0.244. The summed E-state index contributed by atoms with van der Waals surface area (Å²) >= 11 is 5.15. The number of ketones is 1. The molecule has 0 aliphatic carbocycles. The average molecular weight is 134 g/mol. The number of hydrogen-bond acceptors (Lipinski definition) is 2. The zero-order valence-corrected chi connectivity index (χ0v) is 5.19. The van der Waals surface area contributed by atoms with Gasteiger partial charge in [0.15, 0.2) is 5.78 Å². The number of carbonyl (C=O) groups is 1. The van der Waals surface area contributed by atoms with Crippen LogP contribution in [0.5, 0.6) is 0 Å². The Morgan fingerprint density at radius 2 is 2.38 bits per heavy atom. The fourth-order valence-corrected chi connectivity index (χ4v) is 0.333. The van der Waals surface area contributed by atoms with Crippen molar-refractivity contribution < 1.29 is 4.79 Å². The SMILES string of the molecule is NCC=CC(=O)CCl. The molecule has 0 radical (unpaired) electrons. The first-order valence-electron chi connectivity index (χ1n) is 2.26. The van der Waals surface area contributed by atoms with Crippen LogP contribution in [0.3, 0.4) is 0 Å². The van der Waals surface area contributed by atoms with Crippen molar-refractivity contribution in [2.24, 2.45) is 5.73 Å². The molecule has 0 saturated carbocycles. The smallest absolute Gasteiger partial charge is 0.170 e. The standard InChI is InChI=1S/C5H8ClNO/c6-4-5(8)2-1-3-7/h1-2H,3-4,7H2. The molecule has 0 saturated heterocycles. The van der Waals surface area contributed by atoms with E-state index in [0.717, 1.165) is 0 Å². The summed E-state index contributed by atoms with van der Waals surface area (Å²) < 4.78 is 0. The van der Waals surface area contributed by atoms with Gasteiger partial charge in [-0.05, 0) is 6.08 Å². The summed E-state index contributed by atoms with van der Waals surface area (Å²) in [5, 5.41) is 0. The van der Waals surface area contributed by atoms with Gasteiger partial charge in [0.1, 0.15) is 0 Å². The van der Waals surface area contributed by atoms with E-state index in [1.54, 1.807) is 6.08 Å². The molecule has 0 aliphatic heterocycles. The van der Waals surface area contributed by atoms with E-state index in [4.69, 9.17) is 17.3 Å². The number of carbonyl (C=O) groups excluding carboxylic acids is 1. The summed E-state index contributed by atoms with van der Waals surface area (Å²) in [6.07, 6.45) is 2.96. The van der Waals surface area contributed by atoms with Crippen LogP contribution in [0, 0.1) is 0 Å². The van der Waals surface area contributed by atoms with Gasteiger partial charge in [0.2, 0.25) is 0 Å². The molecule has 46 valence electrons. The van der Waals surface area contributed by atoms with E-state index in [2.05, 4.69) is 0 Å². The van der Waals surface area contributed by atoms with Crippen LogP contribution in [0.1, 0.15) is 0 Å². The Balaban J connectivity index is 3.37. The lowest BCUT2D eigenvalue weighted by molar-refractivity contribution is -0.112. The van der Waals surface area contributed by atoms with Gasteiger partial charge < -0.3 is 5.73 Å². The normalized spacial score (nSPS) is 10.2. The topological polar surface area (TPSA) is 43.1 Å². The Hall–Kier alpha value is -0.340. The molecule has 0 spiro atoms. The van der Waals surface area contributed by atoms with Crippen LogP contribution < -0.4 is 5.73 Å². The summed E-state index contributed by atoms with van der Waals surface area (Å²) in [7, 11) is 0. The molecule has 3 heteroatoms. The predicted molar refractivity (Wildman–Crippen MR) is 33.9 cm³/mol. The first-order valence-corrected chi connectivity index (χ1v) is 2.80. The first kappa shape index (κ1) is 7.66. The second-order valence-corrected chi connectivity index (χ2v) is 1.51. The van der Waals surface area contributed by atoms with E-state index < -0.39 is 0 Å². The van der Waals surface area contributed by atoms with E-state index in [1.807, 2.05) is 0 Å². The maximum Gasteiger partial charge on any atom is 0.170 e. The van der Waals surface area contributed by atoms with Gasteiger partial charge in [0, 0.05) is 6.54 Å². The third kappa shape index (κ3) is 3.84. The molecule has 0 unspecified atom stereocenters. The van der Waals surface area contributed by atoms with E-state index in [9.17, 15) is 4.79 Å². The second kappa shape index (κ2) is 4.81. The number of hydrogen-bond donors (Lipinski definition) is 1. The molecule has 0 atom stereocenters. The summed E-state index contributed by atoms with van der Waals surface area (Å²) in [4.78, 5) is 10.3. The molecule has 0 amide bonds. The van der Waals surface area contributed by atoms with Crippen LogP contribution in [0.4, 0.5) is 0 Å². The van der Waals surface area contributed by atoms with Gasteiger partial charge in [-0.3, -0.25) is 4.79 Å². The van der Waals surface area contributed by atoms with Gasteiger partial charge in [-0.25, -0.2) is 0 Å². The highest BCUT2D eigenvalue weighted by molar-refractivity contribution is 6.29. The summed E-state index contributed by atoms with van der Waals surface area (Å²) in [6, 6.07) is 0. The lowest BCUT2D eigenvalue weighted by Crippen LogP contribution is -1.97. The quantitative estimate of drug-likeness (QED) is 0.445. The van der Waals surface area contributed by atoms with Gasteiger partial charge in [-0.15, -0.1) is 11.6 Å². The van der Waals surface area contributed by atoms with Crippen molar-refractivity contribution in [3.05, 3.63) is 12.2 Å². The third-order valence-corrected chi connectivity index (χ3v) is 0.835. The van der Waals surface area contributed by atoms with Crippen LogP contribution >= 0.6 is 11.6 Å². The van der Waals surface area contributed by atoms with Crippen LogP contribution in [-0.4, -0.2) is 18.2 Å². The van der Waals surface area contributed by atoms with Crippen molar-refractivity contribution in [1.82, 2.24) is 0 Å². The van der Waals surface area contributed by atoms with Crippen LogP contribution in [-0.2, 0) is 4.79 Å². The van der Waals surface area contributed by atoms with Crippen molar-refractivity contribution in [3.8, 4) is 0 Å². The molecular formula is C5H8ClNO. The Labute approximate surface area is 53.3 Å². The van der Waals surface area contributed by atoms with Crippen molar-refractivity contribution in [1.29, 1.82) is 0 Å². The first-order chi connectivity index (χ1) is 3.81. The Bertz CT molecular complexity index is 101. The van der Waals surface area contributed by atoms with Gasteiger partial charge in [-0.2, -0.15) is 0 Å². The van der Waals surface area contributed by atoms with Crippen LogP contribution in [0.15, 0.2) is 12.2 Å². The van der Waals surface area contributed by atoms with Gasteiger partial charge in [0.05, 0.1) is 5.88 Å². The largest absolute Gasteiger partial charge is 0.327 e. The lowest BCUT2D eigenvalue weighted by atomic mass is 10.4. The van der Waals surface area contributed by atoms with E-state index in [1.165, 1.54) is 6.08 Å². The van der Waals surface area contributed by atoms with Crippen molar-refractivity contribution in [2.45, 2.75) is 0 Å². The molecule has 2 N–H and O–H groups in total. The molecule has 0 aromatic rings. The maximum absolute atomic E-state index is 10.3. The number of allylic oxidation sites excluding steroid dienone is 1. The highest BCUT2D eigenvalue weighted by Crippen LogP contribution is 1.79. The zero-order chi connectivity index (χ0) is 6.41. The molecule has 0 aliphatic rings. The average Bonchev–Trinajstić information content (AvgIpc) is 1.83. The molecular weight excluding hydrogens is 126 g/mol. The van der Waals surface area contributed by atoms with Gasteiger partial charge in [-0.1, -0.05) is 6.08 Å². The van der Waals surface area contributed by atoms with E-state index in [0.29, 0.717) is 6.54 Å². The molecule has 0 aromatic heterocycles. The predicted octanol–water partition coefficient (Wildman–Crippen LogP) is 0.309. The highest BCUT2D eigenvalue weighted by atomic mass is 35.5. The second-order valence-electron chi connectivity index (χ2n) is 1.24. The minimum atomic E-state index is -0.0999. The summed E-state index contributed by atoms with van der Waals surface area (Å²) in [6.45, 7) is 0.391. The van der Waals surface area contributed by atoms with Crippen molar-refractivity contribution in [2.75, 3.05) is 12.4 Å². The monoisotopic (exact) mass is 133 g/mol. The summed E-state index contributed by atoms with van der Waals surface area (Å²) in [5.74, 6) is -0.0617. The fraction of sp³-hybridized carbons (Fsp3) is 0.400. The Kier molecular flexibility index (Phi) is 4.61. The lowest BCUT2D eigenvalue weighted by Gasteiger charge is -1.79. The van der Waals surface area contributed by atoms with Crippen molar-refractivity contribution >= 4 is 17.4 Å². The number of nitrogens with two attached hydrogens (primary N) is 1. The highest BCUT2D eigenvalue weighted by Gasteiger charge is 1.87. The van der Waals surface area contributed by atoms with Gasteiger partial charge >= 0.3 is 0 Å². The van der Waals surface area contributed by atoms with Crippen LogP contribution in [0.2, 0.25) is 0 Å². The zero-order valence-electron chi connectivity index (χ0n) is 4.43. The van der Waals surface area contributed by atoms with Crippen LogP contribution in [0.25, 0.3) is 0 Å². The summed E-state index contributed by atoms with van der Waals surface area (Å²) in [5.41, 5.74) is 5.05. The van der Waals surface area contributed by atoms with E-state index >= 15 is 0 Å². The molecule has 2 nitrogen and oxygen atoms in total. The minimum Gasteiger partial charge on any atom is -0.327 e. The minimum absolute atomic E-state index is 0.0382. The Morgan fingerprint density at radius 1 is 1.75 bits per heavy atom. The van der Waals surface area contributed by atoms with Gasteiger partial charge in [0.25, 0.3) is 0 Å². The third-order valence-electron chi connectivity index (χ3n) is 0.572. The Morgan fingerprint density at radius 3 is 2.75 bits per heavy atom. The number of alkyl halides is 1. The molecule has 0 rings (SSSR count). The molecule has 0 fully saturated rings.